The van der Waals surface area contributed by atoms with Crippen molar-refractivity contribution in [3.8, 4) is 5.75 Å². The summed E-state index contributed by atoms with van der Waals surface area (Å²) in [6.45, 7) is 5.91. The maximum absolute atomic E-state index is 11.6. The van der Waals surface area contributed by atoms with Gasteiger partial charge in [0.25, 0.3) is 0 Å². The Morgan fingerprint density at radius 3 is 2.26 bits per heavy atom. The van der Waals surface area contributed by atoms with Crippen molar-refractivity contribution in [1.82, 2.24) is 0 Å². The Bertz CT molecular complexity index is 386. The van der Waals surface area contributed by atoms with E-state index >= 15 is 0 Å². The van der Waals surface area contributed by atoms with Gasteiger partial charge in [-0.05, 0) is 37.5 Å². The summed E-state index contributed by atoms with van der Waals surface area (Å²) in [7, 11) is 0. The van der Waals surface area contributed by atoms with Crippen LogP contribution in [0.2, 0.25) is 0 Å². The van der Waals surface area contributed by atoms with Crippen molar-refractivity contribution in [2.45, 2.75) is 45.8 Å². The molecule has 4 nitrogen and oxygen atoms in total. The molecule has 0 heterocycles. The molecule has 19 heavy (non-hydrogen) atoms. The molecule has 0 fully saturated rings. The summed E-state index contributed by atoms with van der Waals surface area (Å²) in [6.07, 6.45) is 0.182. The highest BCUT2D eigenvalue weighted by atomic mass is 16.6. The van der Waals surface area contributed by atoms with E-state index in [4.69, 9.17) is 9.47 Å². The minimum atomic E-state index is -0.582. The topological polar surface area (TPSA) is 55.8 Å². The van der Waals surface area contributed by atoms with Crippen LogP contribution >= 0.6 is 0 Å². The zero-order valence-electron chi connectivity index (χ0n) is 11.8. The highest BCUT2D eigenvalue weighted by molar-refractivity contribution is 5.75. The molecule has 0 radical (unpaired) electrons. The number of hydrogen-bond acceptors (Lipinski definition) is 4. The second kappa shape index (κ2) is 7.79. The molecule has 0 aliphatic heterocycles. The first-order chi connectivity index (χ1) is 9.12. The fourth-order valence-electron chi connectivity index (χ4n) is 1.70. The van der Waals surface area contributed by atoms with Crippen LogP contribution in [0.4, 0.5) is 0 Å². The van der Waals surface area contributed by atoms with Gasteiger partial charge in [-0.15, -0.1) is 0 Å². The van der Waals surface area contributed by atoms with Crippen molar-refractivity contribution in [3.05, 3.63) is 29.8 Å². The molecule has 0 saturated heterocycles. The van der Waals surface area contributed by atoms with E-state index in [1.54, 1.807) is 31.2 Å². The van der Waals surface area contributed by atoms with Crippen LogP contribution in [0.5, 0.6) is 5.75 Å². The molecular weight excluding hydrogens is 244 g/mol. The Balaban J connectivity index is 2.68. The van der Waals surface area contributed by atoms with Crippen LogP contribution in [0, 0.1) is 0 Å². The predicted octanol–water partition coefficient (Wildman–Crippen LogP) is 2.85. The van der Waals surface area contributed by atoms with Crippen LogP contribution in [0.25, 0.3) is 0 Å². The Morgan fingerprint density at radius 1 is 1.16 bits per heavy atom. The van der Waals surface area contributed by atoms with Crippen LogP contribution in [0.3, 0.4) is 0 Å². The summed E-state index contributed by atoms with van der Waals surface area (Å²) in [5, 5.41) is 9.69. The van der Waals surface area contributed by atoms with Gasteiger partial charge >= 0.3 is 5.97 Å². The molecular formula is C15H22O4. The number of aliphatic hydroxyl groups is 1. The number of aliphatic hydroxyl groups excluding tert-OH is 1. The van der Waals surface area contributed by atoms with Crippen molar-refractivity contribution in [2.75, 3.05) is 6.61 Å². The molecule has 1 rings (SSSR count). The first-order valence-electron chi connectivity index (χ1n) is 6.73. The van der Waals surface area contributed by atoms with Gasteiger partial charge < -0.3 is 14.6 Å². The number of benzene rings is 1. The van der Waals surface area contributed by atoms with Crippen molar-refractivity contribution in [1.29, 1.82) is 0 Å². The lowest BCUT2D eigenvalue weighted by Crippen LogP contribution is -2.28. The second-order valence-electron chi connectivity index (χ2n) is 4.26. The molecule has 1 aromatic rings. The summed E-state index contributed by atoms with van der Waals surface area (Å²) >= 11 is 0. The summed E-state index contributed by atoms with van der Waals surface area (Å²) < 4.78 is 10.5. The van der Waals surface area contributed by atoms with Crippen LogP contribution < -0.4 is 4.74 Å². The lowest BCUT2D eigenvalue weighted by molar-refractivity contribution is -0.151. The first kappa shape index (κ1) is 15.5. The molecule has 4 heteroatoms. The number of ether oxygens (including phenoxy) is 2. The number of carbonyl (C=O) groups is 1. The smallest absolute Gasteiger partial charge is 0.347 e. The molecule has 2 atom stereocenters. The molecule has 106 valence electrons. The largest absolute Gasteiger partial charge is 0.479 e. The molecule has 0 amide bonds. The van der Waals surface area contributed by atoms with Crippen LogP contribution in [-0.2, 0) is 9.53 Å². The minimum Gasteiger partial charge on any atom is -0.479 e. The summed E-state index contributed by atoms with van der Waals surface area (Å²) in [4.78, 5) is 11.6. The lowest BCUT2D eigenvalue weighted by Gasteiger charge is -2.16. The van der Waals surface area contributed by atoms with Gasteiger partial charge in [-0.25, -0.2) is 4.79 Å². The van der Waals surface area contributed by atoms with E-state index in [2.05, 4.69) is 0 Å². The Hall–Kier alpha value is -1.55. The monoisotopic (exact) mass is 266 g/mol. The van der Waals surface area contributed by atoms with Crippen LogP contribution in [0.15, 0.2) is 24.3 Å². The van der Waals surface area contributed by atoms with E-state index in [1.165, 1.54) is 0 Å². The van der Waals surface area contributed by atoms with Gasteiger partial charge in [-0.3, -0.25) is 0 Å². The molecule has 0 aliphatic rings. The highest BCUT2D eigenvalue weighted by Crippen LogP contribution is 2.21. The molecule has 1 aromatic carbocycles. The van der Waals surface area contributed by atoms with Gasteiger partial charge in [-0.2, -0.15) is 0 Å². The van der Waals surface area contributed by atoms with E-state index in [0.29, 0.717) is 25.2 Å². The van der Waals surface area contributed by atoms with Gasteiger partial charge in [0, 0.05) is 0 Å². The average Bonchev–Trinajstić information content (AvgIpc) is 2.44. The second-order valence-corrected chi connectivity index (χ2v) is 4.26. The zero-order valence-corrected chi connectivity index (χ0v) is 11.8. The normalized spacial score (nSPS) is 13.7. The maximum Gasteiger partial charge on any atom is 0.347 e. The highest BCUT2D eigenvalue weighted by Gasteiger charge is 2.19. The number of esters is 1. The van der Waals surface area contributed by atoms with E-state index in [9.17, 15) is 9.90 Å². The van der Waals surface area contributed by atoms with E-state index < -0.39 is 12.2 Å². The summed E-state index contributed by atoms with van der Waals surface area (Å²) in [5.74, 6) is 0.259. The van der Waals surface area contributed by atoms with E-state index in [1.807, 2.05) is 13.8 Å². The van der Waals surface area contributed by atoms with Gasteiger partial charge in [-0.1, -0.05) is 26.0 Å². The Morgan fingerprint density at radius 2 is 1.79 bits per heavy atom. The summed E-state index contributed by atoms with van der Waals surface area (Å²) in [6, 6.07) is 7.13. The number of hydrogen-bond donors (Lipinski definition) is 1. The lowest BCUT2D eigenvalue weighted by atomic mass is 10.1. The van der Waals surface area contributed by atoms with Crippen LogP contribution in [-0.4, -0.2) is 23.8 Å². The molecule has 0 bridgehead atoms. The Kier molecular flexibility index (Phi) is 6.36. The third-order valence-electron chi connectivity index (χ3n) is 2.85. The minimum absolute atomic E-state index is 0.345. The fraction of sp³-hybridized carbons (Fsp3) is 0.533. The third-order valence-corrected chi connectivity index (χ3v) is 2.85. The van der Waals surface area contributed by atoms with Crippen molar-refractivity contribution in [2.24, 2.45) is 0 Å². The van der Waals surface area contributed by atoms with E-state index in [-0.39, 0.29) is 5.97 Å². The zero-order chi connectivity index (χ0) is 14.3. The predicted molar refractivity (Wildman–Crippen MR) is 73.0 cm³/mol. The van der Waals surface area contributed by atoms with E-state index in [0.717, 1.165) is 5.56 Å². The average molecular weight is 266 g/mol. The van der Waals surface area contributed by atoms with Crippen LogP contribution in [0.1, 0.15) is 45.3 Å². The molecule has 1 N–H and O–H groups in total. The Labute approximate surface area is 114 Å². The number of rotatable bonds is 7. The summed E-state index contributed by atoms with van der Waals surface area (Å²) in [5.41, 5.74) is 0.846. The standard InChI is InChI=1S/C15H22O4/c1-4-13(16)11-7-9-12(10-8-11)19-14(5-2)15(17)18-6-3/h7-10,13-14,16H,4-6H2,1-3H3/t13-,14?/m1/s1. The molecule has 0 spiro atoms. The molecule has 0 saturated carbocycles. The SMILES string of the molecule is CCOC(=O)C(CC)Oc1ccc([C@H](O)CC)cc1. The molecule has 0 aromatic heterocycles. The molecule has 1 unspecified atom stereocenters. The first-order valence-corrected chi connectivity index (χ1v) is 6.73. The van der Waals surface area contributed by atoms with Crippen molar-refractivity contribution < 1.29 is 19.4 Å². The van der Waals surface area contributed by atoms with Crippen molar-refractivity contribution >= 4 is 5.97 Å². The number of carbonyl (C=O) groups excluding carboxylic acids is 1. The quantitative estimate of drug-likeness (QED) is 0.771. The third kappa shape index (κ3) is 4.56. The fourth-order valence-corrected chi connectivity index (χ4v) is 1.70. The molecule has 0 aliphatic carbocycles. The van der Waals surface area contributed by atoms with Gasteiger partial charge in [0.15, 0.2) is 6.10 Å². The van der Waals surface area contributed by atoms with Gasteiger partial charge in [0.1, 0.15) is 5.75 Å². The van der Waals surface area contributed by atoms with Crippen molar-refractivity contribution in [3.63, 3.8) is 0 Å². The van der Waals surface area contributed by atoms with Gasteiger partial charge in [0.2, 0.25) is 0 Å². The maximum atomic E-state index is 11.6. The van der Waals surface area contributed by atoms with Gasteiger partial charge in [0.05, 0.1) is 12.7 Å².